The average molecular weight is 409 g/mol. The smallest absolute Gasteiger partial charge is 0.191 e. The number of methoxy groups -OCH3 is 1. The molecule has 21 heavy (non-hydrogen) atoms. The summed E-state index contributed by atoms with van der Waals surface area (Å²) in [5.74, 6) is 0.845. The third-order valence-corrected chi connectivity index (χ3v) is 2.84. The highest BCUT2D eigenvalue weighted by molar-refractivity contribution is 14.0. The number of nitrogens with one attached hydrogen (secondary N) is 2. The van der Waals surface area contributed by atoms with Gasteiger partial charge < -0.3 is 15.4 Å². The van der Waals surface area contributed by atoms with Crippen LogP contribution in [0.5, 0.6) is 0 Å². The number of aryl methyl sites for hydroxylation is 3. The minimum absolute atomic E-state index is 0. The number of ether oxygens (including phenoxy) is 1. The molecule has 0 saturated heterocycles. The zero-order chi connectivity index (χ0) is 14.8. The van der Waals surface area contributed by atoms with E-state index in [1.54, 1.807) is 7.11 Å². The summed E-state index contributed by atoms with van der Waals surface area (Å²) in [4.78, 5) is 4.53. The molecule has 1 heterocycles. The molecule has 1 rings (SSSR count). The van der Waals surface area contributed by atoms with Gasteiger partial charge in [-0.15, -0.1) is 24.0 Å². The molecule has 0 fully saturated rings. The Kier molecular flexibility index (Phi) is 11.3. The first kappa shape index (κ1) is 20.2. The maximum Gasteiger partial charge on any atom is 0.191 e. The van der Waals surface area contributed by atoms with Gasteiger partial charge >= 0.3 is 0 Å². The molecule has 7 heteroatoms. The van der Waals surface area contributed by atoms with Crippen molar-refractivity contribution < 1.29 is 4.74 Å². The molecule has 0 aromatic carbocycles. The number of nitrogens with zero attached hydrogens (tertiary/aromatic N) is 3. The molecule has 2 N–H and O–H groups in total. The molecule has 122 valence electrons. The summed E-state index contributed by atoms with van der Waals surface area (Å²) in [7, 11) is 1.69. The third kappa shape index (κ3) is 8.25. The van der Waals surface area contributed by atoms with E-state index < -0.39 is 0 Å². The summed E-state index contributed by atoms with van der Waals surface area (Å²) in [6.45, 7) is 10.1. The lowest BCUT2D eigenvalue weighted by Gasteiger charge is -2.10. The second-order valence-electron chi connectivity index (χ2n) is 4.68. The van der Waals surface area contributed by atoms with E-state index >= 15 is 0 Å². The Balaban J connectivity index is 0.00000400. The van der Waals surface area contributed by atoms with Gasteiger partial charge in [-0.05, 0) is 33.3 Å². The van der Waals surface area contributed by atoms with Crippen LogP contribution in [-0.2, 0) is 11.3 Å². The Hall–Kier alpha value is -0.830. The highest BCUT2D eigenvalue weighted by Crippen LogP contribution is 2.02. The number of aromatic nitrogens is 2. The van der Waals surface area contributed by atoms with E-state index in [4.69, 9.17) is 4.74 Å². The molecule has 0 bridgehead atoms. The minimum atomic E-state index is 0. The highest BCUT2D eigenvalue weighted by atomic mass is 127. The van der Waals surface area contributed by atoms with Crippen molar-refractivity contribution in [2.24, 2.45) is 4.99 Å². The molecule has 0 aliphatic rings. The highest BCUT2D eigenvalue weighted by Gasteiger charge is 2.00. The normalized spacial score (nSPS) is 11.1. The fourth-order valence-electron chi connectivity index (χ4n) is 1.93. The second-order valence-corrected chi connectivity index (χ2v) is 4.68. The first-order valence-electron chi connectivity index (χ1n) is 7.19. The molecule has 0 amide bonds. The Morgan fingerprint density at radius 3 is 2.71 bits per heavy atom. The predicted octanol–water partition coefficient (Wildman–Crippen LogP) is 1.71. The fourth-order valence-corrected chi connectivity index (χ4v) is 1.93. The molecule has 6 nitrogen and oxygen atoms in total. The van der Waals surface area contributed by atoms with Gasteiger partial charge in [-0.1, -0.05) is 0 Å². The van der Waals surface area contributed by atoms with Crippen LogP contribution < -0.4 is 10.6 Å². The molecule has 1 aromatic heterocycles. The number of hydrogen-bond donors (Lipinski definition) is 2. The van der Waals surface area contributed by atoms with Gasteiger partial charge in [0.15, 0.2) is 5.96 Å². The quantitative estimate of drug-likeness (QED) is 0.297. The van der Waals surface area contributed by atoms with Crippen LogP contribution >= 0.6 is 24.0 Å². The van der Waals surface area contributed by atoms with E-state index in [9.17, 15) is 0 Å². The van der Waals surface area contributed by atoms with E-state index in [1.807, 2.05) is 11.6 Å². The van der Waals surface area contributed by atoms with Crippen molar-refractivity contribution in [2.75, 3.05) is 33.4 Å². The summed E-state index contributed by atoms with van der Waals surface area (Å²) >= 11 is 0. The van der Waals surface area contributed by atoms with Crippen LogP contribution in [0, 0.1) is 13.8 Å². The molecule has 0 aliphatic carbocycles. The monoisotopic (exact) mass is 409 g/mol. The van der Waals surface area contributed by atoms with Crippen molar-refractivity contribution in [1.82, 2.24) is 20.4 Å². The number of guanidine groups is 1. The van der Waals surface area contributed by atoms with Gasteiger partial charge in [-0.25, -0.2) is 0 Å². The fraction of sp³-hybridized carbons (Fsp3) is 0.714. The van der Waals surface area contributed by atoms with Gasteiger partial charge in [-0.3, -0.25) is 9.67 Å². The van der Waals surface area contributed by atoms with Crippen molar-refractivity contribution in [3.05, 3.63) is 17.5 Å². The second kappa shape index (κ2) is 11.8. The number of halogens is 1. The van der Waals surface area contributed by atoms with Gasteiger partial charge in [0.2, 0.25) is 0 Å². The van der Waals surface area contributed by atoms with Crippen molar-refractivity contribution in [2.45, 2.75) is 33.7 Å². The average Bonchev–Trinajstić information content (AvgIpc) is 2.73. The third-order valence-electron chi connectivity index (χ3n) is 2.84. The lowest BCUT2D eigenvalue weighted by Crippen LogP contribution is -2.39. The molecule has 0 atom stereocenters. The van der Waals surface area contributed by atoms with E-state index in [1.165, 1.54) is 5.69 Å². The van der Waals surface area contributed by atoms with Gasteiger partial charge in [-0.2, -0.15) is 5.10 Å². The lowest BCUT2D eigenvalue weighted by atomic mass is 10.4. The molecule has 0 saturated carbocycles. The minimum Gasteiger partial charge on any atom is -0.383 e. The molecular weight excluding hydrogens is 381 g/mol. The van der Waals surface area contributed by atoms with E-state index in [-0.39, 0.29) is 24.0 Å². The lowest BCUT2D eigenvalue weighted by molar-refractivity contribution is 0.203. The summed E-state index contributed by atoms with van der Waals surface area (Å²) in [5, 5.41) is 10.9. The number of hydrogen-bond acceptors (Lipinski definition) is 3. The van der Waals surface area contributed by atoms with Crippen molar-refractivity contribution in [3.63, 3.8) is 0 Å². The summed E-state index contributed by atoms with van der Waals surface area (Å²) in [5.41, 5.74) is 2.28. The van der Waals surface area contributed by atoms with Gasteiger partial charge in [0.25, 0.3) is 0 Å². The maximum atomic E-state index is 5.01. The van der Waals surface area contributed by atoms with Crippen LogP contribution in [0.1, 0.15) is 24.7 Å². The predicted molar refractivity (Wildman–Crippen MR) is 97.6 cm³/mol. The molecule has 0 aliphatic heterocycles. The molecule has 0 spiro atoms. The summed E-state index contributed by atoms with van der Waals surface area (Å²) in [6.07, 6.45) is 0.975. The first-order valence-corrected chi connectivity index (χ1v) is 7.19. The van der Waals surface area contributed by atoms with E-state index in [0.29, 0.717) is 6.61 Å². The van der Waals surface area contributed by atoms with Crippen LogP contribution in [0.3, 0.4) is 0 Å². The van der Waals surface area contributed by atoms with E-state index in [2.05, 4.69) is 40.6 Å². The topological polar surface area (TPSA) is 63.5 Å². The van der Waals surface area contributed by atoms with Crippen LogP contribution in [0.25, 0.3) is 0 Å². The van der Waals surface area contributed by atoms with Crippen LogP contribution in [0.2, 0.25) is 0 Å². The van der Waals surface area contributed by atoms with Crippen LogP contribution in [-0.4, -0.2) is 49.1 Å². The SMILES string of the molecule is CCNC(=NCCCn1nc(C)cc1C)NCCOC.I. The molecule has 0 radical (unpaired) electrons. The van der Waals surface area contributed by atoms with Crippen LogP contribution in [0.4, 0.5) is 0 Å². The Morgan fingerprint density at radius 1 is 1.38 bits per heavy atom. The van der Waals surface area contributed by atoms with Gasteiger partial charge in [0.05, 0.1) is 12.3 Å². The largest absolute Gasteiger partial charge is 0.383 e. The molecule has 0 unspecified atom stereocenters. The van der Waals surface area contributed by atoms with Crippen LogP contribution in [0.15, 0.2) is 11.1 Å². The maximum absolute atomic E-state index is 5.01. The molecule has 1 aromatic rings. The van der Waals surface area contributed by atoms with E-state index in [0.717, 1.165) is 44.3 Å². The zero-order valence-corrected chi connectivity index (χ0v) is 15.8. The Labute approximate surface area is 144 Å². The van der Waals surface area contributed by atoms with Crippen molar-refractivity contribution in [1.29, 1.82) is 0 Å². The van der Waals surface area contributed by atoms with Gasteiger partial charge in [0.1, 0.15) is 0 Å². The zero-order valence-electron chi connectivity index (χ0n) is 13.5. The summed E-state index contributed by atoms with van der Waals surface area (Å²) < 4.78 is 7.05. The standard InChI is InChI=1S/C14H27N5O.HI/c1-5-15-14(17-8-10-20-4)16-7-6-9-19-13(3)11-12(2)18-19;/h11H,5-10H2,1-4H3,(H2,15,16,17);1H. The van der Waals surface area contributed by atoms with Crippen molar-refractivity contribution in [3.8, 4) is 0 Å². The van der Waals surface area contributed by atoms with Crippen molar-refractivity contribution >= 4 is 29.9 Å². The molecular formula is C14H28IN5O. The summed E-state index contributed by atoms with van der Waals surface area (Å²) in [6, 6.07) is 2.10. The number of aliphatic imine (C=N–C) groups is 1. The Bertz CT molecular complexity index is 419. The van der Waals surface area contributed by atoms with Gasteiger partial charge in [0, 0.05) is 39.0 Å². The first-order chi connectivity index (χ1) is 9.67. The number of rotatable bonds is 8. The Morgan fingerprint density at radius 2 is 2.14 bits per heavy atom.